The van der Waals surface area contributed by atoms with Crippen molar-refractivity contribution in [2.75, 3.05) is 0 Å². The van der Waals surface area contributed by atoms with E-state index in [2.05, 4.69) is 17.1 Å². The van der Waals surface area contributed by atoms with Gasteiger partial charge in [-0.2, -0.15) is 5.10 Å². The summed E-state index contributed by atoms with van der Waals surface area (Å²) >= 11 is 0. The van der Waals surface area contributed by atoms with Crippen LogP contribution in [0.15, 0.2) is 0 Å². The first-order valence-electron chi connectivity index (χ1n) is 4.02. The second-order valence-corrected chi connectivity index (χ2v) is 2.73. The number of nitrogens with two attached hydrogens (primary N) is 1. The molecule has 0 unspecified atom stereocenters. The number of H-pyrrole nitrogens is 1. The highest BCUT2D eigenvalue weighted by Crippen LogP contribution is 2.10. The predicted octanol–water partition coefficient (Wildman–Crippen LogP) is 1.13. The van der Waals surface area contributed by atoms with Crippen LogP contribution in [0.25, 0.3) is 0 Å². The molecule has 0 aliphatic carbocycles. The molecule has 0 bridgehead atoms. The first-order valence-corrected chi connectivity index (χ1v) is 4.02. The van der Waals surface area contributed by atoms with E-state index < -0.39 is 0 Å². The molecule has 1 aromatic rings. The van der Waals surface area contributed by atoms with Gasteiger partial charge in [-0.05, 0) is 13.3 Å². The Balaban J connectivity index is 2.86. The van der Waals surface area contributed by atoms with E-state index in [1.165, 1.54) is 5.56 Å². The van der Waals surface area contributed by atoms with Crippen molar-refractivity contribution in [2.45, 2.75) is 33.2 Å². The molecule has 0 aromatic carbocycles. The van der Waals surface area contributed by atoms with Crippen LogP contribution in [0.3, 0.4) is 0 Å². The van der Waals surface area contributed by atoms with E-state index in [0.717, 1.165) is 24.2 Å². The van der Waals surface area contributed by atoms with Gasteiger partial charge in [-0.3, -0.25) is 5.10 Å². The van der Waals surface area contributed by atoms with Crippen LogP contribution >= 0.6 is 0 Å². The highest BCUT2D eigenvalue weighted by molar-refractivity contribution is 5.23. The molecule has 3 heteroatoms. The van der Waals surface area contributed by atoms with Gasteiger partial charge in [-0.15, -0.1) is 0 Å². The summed E-state index contributed by atoms with van der Waals surface area (Å²) < 4.78 is 0. The van der Waals surface area contributed by atoms with Crippen LogP contribution in [-0.4, -0.2) is 10.2 Å². The number of nitrogens with one attached hydrogen (secondary N) is 1. The van der Waals surface area contributed by atoms with Crippen molar-refractivity contribution in [3.63, 3.8) is 0 Å². The molecular weight excluding hydrogens is 138 g/mol. The fourth-order valence-corrected chi connectivity index (χ4v) is 1.22. The van der Waals surface area contributed by atoms with Crippen molar-refractivity contribution in [2.24, 2.45) is 5.73 Å². The van der Waals surface area contributed by atoms with Gasteiger partial charge in [-0.1, -0.05) is 13.3 Å². The molecule has 1 rings (SSSR count). The highest BCUT2D eigenvalue weighted by Gasteiger charge is 2.06. The maximum Gasteiger partial charge on any atom is 0.0669 e. The van der Waals surface area contributed by atoms with Crippen molar-refractivity contribution in [3.8, 4) is 0 Å². The van der Waals surface area contributed by atoms with Gasteiger partial charge in [0.05, 0.1) is 5.69 Å². The standard InChI is InChI=1S/C8H15N3/c1-3-4-8-7(5-9)6(2)10-11-8/h3-5,9H2,1-2H3,(H,10,11). The molecule has 0 atom stereocenters. The molecule has 0 fully saturated rings. The highest BCUT2D eigenvalue weighted by atomic mass is 15.1. The Morgan fingerprint density at radius 2 is 2.27 bits per heavy atom. The first-order chi connectivity index (χ1) is 5.29. The average molecular weight is 153 g/mol. The van der Waals surface area contributed by atoms with Crippen LogP contribution in [0.2, 0.25) is 0 Å². The third kappa shape index (κ3) is 1.60. The zero-order valence-electron chi connectivity index (χ0n) is 7.15. The molecule has 11 heavy (non-hydrogen) atoms. The number of aromatic amines is 1. The van der Waals surface area contributed by atoms with E-state index >= 15 is 0 Å². The van der Waals surface area contributed by atoms with Crippen LogP contribution in [0.5, 0.6) is 0 Å². The molecule has 3 N–H and O–H groups in total. The summed E-state index contributed by atoms with van der Waals surface area (Å²) in [5.41, 5.74) is 8.99. The van der Waals surface area contributed by atoms with E-state index in [-0.39, 0.29) is 0 Å². The topological polar surface area (TPSA) is 54.7 Å². The molecule has 1 aromatic heterocycles. The van der Waals surface area contributed by atoms with Crippen molar-refractivity contribution < 1.29 is 0 Å². The Morgan fingerprint density at radius 1 is 1.55 bits per heavy atom. The summed E-state index contributed by atoms with van der Waals surface area (Å²) in [6.07, 6.45) is 2.15. The van der Waals surface area contributed by atoms with E-state index in [1.54, 1.807) is 0 Å². The Bertz CT molecular complexity index is 227. The molecule has 62 valence electrons. The molecule has 0 spiro atoms. The number of rotatable bonds is 3. The Morgan fingerprint density at radius 3 is 2.82 bits per heavy atom. The SMILES string of the molecule is CCCc1n[nH]c(C)c1CN. The molecule has 0 amide bonds. The number of aryl methyl sites for hydroxylation is 2. The third-order valence-corrected chi connectivity index (χ3v) is 1.85. The Kier molecular flexibility index (Phi) is 2.65. The summed E-state index contributed by atoms with van der Waals surface area (Å²) in [6, 6.07) is 0. The van der Waals surface area contributed by atoms with Gasteiger partial charge >= 0.3 is 0 Å². The Hall–Kier alpha value is -0.830. The van der Waals surface area contributed by atoms with E-state index in [4.69, 9.17) is 5.73 Å². The van der Waals surface area contributed by atoms with Crippen LogP contribution in [0, 0.1) is 6.92 Å². The number of hydrogen-bond acceptors (Lipinski definition) is 2. The van der Waals surface area contributed by atoms with Gasteiger partial charge in [0.25, 0.3) is 0 Å². The fourth-order valence-electron chi connectivity index (χ4n) is 1.22. The van der Waals surface area contributed by atoms with Crippen LogP contribution < -0.4 is 5.73 Å². The van der Waals surface area contributed by atoms with Crippen molar-refractivity contribution in [3.05, 3.63) is 17.0 Å². The van der Waals surface area contributed by atoms with Gasteiger partial charge in [0.15, 0.2) is 0 Å². The molecule has 0 saturated heterocycles. The lowest BCUT2D eigenvalue weighted by Gasteiger charge is -1.96. The fraction of sp³-hybridized carbons (Fsp3) is 0.625. The van der Waals surface area contributed by atoms with E-state index in [1.807, 2.05) is 6.92 Å². The monoisotopic (exact) mass is 153 g/mol. The molecule has 0 saturated carbocycles. The first kappa shape index (κ1) is 8.27. The average Bonchev–Trinajstić information content (AvgIpc) is 2.33. The van der Waals surface area contributed by atoms with Crippen molar-refractivity contribution in [1.29, 1.82) is 0 Å². The zero-order chi connectivity index (χ0) is 8.27. The zero-order valence-corrected chi connectivity index (χ0v) is 7.15. The summed E-state index contributed by atoms with van der Waals surface area (Å²) in [4.78, 5) is 0. The van der Waals surface area contributed by atoms with Gasteiger partial charge in [0.1, 0.15) is 0 Å². The maximum atomic E-state index is 5.57. The third-order valence-electron chi connectivity index (χ3n) is 1.85. The molecule has 1 heterocycles. The number of hydrogen-bond donors (Lipinski definition) is 2. The van der Waals surface area contributed by atoms with Gasteiger partial charge in [0, 0.05) is 17.8 Å². The predicted molar refractivity (Wildman–Crippen MR) is 45.2 cm³/mol. The normalized spacial score (nSPS) is 10.5. The lowest BCUT2D eigenvalue weighted by atomic mass is 10.1. The smallest absolute Gasteiger partial charge is 0.0669 e. The van der Waals surface area contributed by atoms with Crippen LogP contribution in [0.1, 0.15) is 30.3 Å². The lowest BCUT2D eigenvalue weighted by Crippen LogP contribution is -2.00. The lowest BCUT2D eigenvalue weighted by molar-refractivity contribution is 0.850. The molecular formula is C8H15N3. The minimum absolute atomic E-state index is 0.595. The minimum Gasteiger partial charge on any atom is -0.326 e. The van der Waals surface area contributed by atoms with Gasteiger partial charge in [-0.25, -0.2) is 0 Å². The Labute approximate surface area is 67.0 Å². The second-order valence-electron chi connectivity index (χ2n) is 2.73. The van der Waals surface area contributed by atoms with Gasteiger partial charge in [0.2, 0.25) is 0 Å². The molecule has 0 aliphatic heterocycles. The summed E-state index contributed by atoms with van der Waals surface area (Å²) in [6.45, 7) is 4.75. The quantitative estimate of drug-likeness (QED) is 0.684. The summed E-state index contributed by atoms with van der Waals surface area (Å²) in [7, 11) is 0. The summed E-state index contributed by atoms with van der Waals surface area (Å²) in [5.74, 6) is 0. The molecule has 0 aliphatic rings. The van der Waals surface area contributed by atoms with Gasteiger partial charge < -0.3 is 5.73 Å². The molecule has 3 nitrogen and oxygen atoms in total. The maximum absolute atomic E-state index is 5.57. The second kappa shape index (κ2) is 3.53. The largest absolute Gasteiger partial charge is 0.326 e. The van der Waals surface area contributed by atoms with E-state index in [9.17, 15) is 0 Å². The minimum atomic E-state index is 0.595. The van der Waals surface area contributed by atoms with Crippen LogP contribution in [-0.2, 0) is 13.0 Å². The van der Waals surface area contributed by atoms with Crippen molar-refractivity contribution >= 4 is 0 Å². The molecule has 0 radical (unpaired) electrons. The number of nitrogens with zero attached hydrogens (tertiary/aromatic N) is 1. The summed E-state index contributed by atoms with van der Waals surface area (Å²) in [5, 5.41) is 7.11. The van der Waals surface area contributed by atoms with Crippen molar-refractivity contribution in [1.82, 2.24) is 10.2 Å². The van der Waals surface area contributed by atoms with E-state index in [0.29, 0.717) is 6.54 Å². The number of aromatic nitrogens is 2. The van der Waals surface area contributed by atoms with Crippen LogP contribution in [0.4, 0.5) is 0 Å².